The van der Waals surface area contributed by atoms with E-state index >= 15 is 0 Å². The molecule has 0 spiro atoms. The molecule has 112 valence electrons. The van der Waals surface area contributed by atoms with Crippen LogP contribution in [0.5, 0.6) is 0 Å². The highest BCUT2D eigenvalue weighted by Gasteiger charge is 2.29. The Balaban J connectivity index is 1.87. The van der Waals surface area contributed by atoms with Gasteiger partial charge in [-0.25, -0.2) is 0 Å². The molecule has 1 amide bonds. The Morgan fingerprint density at radius 1 is 1.50 bits per heavy atom. The number of aliphatic hydroxyl groups is 2. The summed E-state index contributed by atoms with van der Waals surface area (Å²) < 4.78 is 5.08. The first kappa shape index (κ1) is 15.0. The molecule has 20 heavy (non-hydrogen) atoms. The number of nitrogens with zero attached hydrogens (tertiary/aromatic N) is 2. The first-order valence-corrected chi connectivity index (χ1v) is 7.01. The first-order valence-electron chi connectivity index (χ1n) is 7.01. The summed E-state index contributed by atoms with van der Waals surface area (Å²) in [6.07, 6.45) is 1.02. The van der Waals surface area contributed by atoms with Crippen molar-refractivity contribution in [2.45, 2.75) is 39.2 Å². The van der Waals surface area contributed by atoms with Crippen molar-refractivity contribution in [3.8, 4) is 0 Å². The van der Waals surface area contributed by atoms with E-state index in [2.05, 4.69) is 5.16 Å². The fourth-order valence-corrected chi connectivity index (χ4v) is 2.67. The minimum Gasteiger partial charge on any atom is -0.396 e. The second kappa shape index (κ2) is 6.37. The topological polar surface area (TPSA) is 86.8 Å². The van der Waals surface area contributed by atoms with Crippen LogP contribution in [0.4, 0.5) is 0 Å². The normalized spacial score (nSPS) is 23.1. The molecule has 1 aromatic heterocycles. The number of rotatable bonds is 4. The van der Waals surface area contributed by atoms with Crippen molar-refractivity contribution in [2.75, 3.05) is 19.7 Å². The van der Waals surface area contributed by atoms with Gasteiger partial charge < -0.3 is 19.6 Å². The number of hydrogen-bond acceptors (Lipinski definition) is 5. The Bertz CT molecular complexity index is 452. The van der Waals surface area contributed by atoms with Gasteiger partial charge in [0.05, 0.1) is 11.8 Å². The molecule has 1 saturated heterocycles. The molecule has 0 radical (unpaired) electrons. The number of aryl methyl sites for hydroxylation is 2. The average Bonchev–Trinajstić information content (AvgIpc) is 2.75. The van der Waals surface area contributed by atoms with Crippen LogP contribution in [0, 0.1) is 19.8 Å². The number of aromatic nitrogens is 1. The molecule has 6 nitrogen and oxygen atoms in total. The van der Waals surface area contributed by atoms with Gasteiger partial charge in [0, 0.05) is 37.6 Å². The number of carbonyl (C=O) groups is 1. The van der Waals surface area contributed by atoms with Crippen molar-refractivity contribution in [1.29, 1.82) is 0 Å². The van der Waals surface area contributed by atoms with Crippen molar-refractivity contribution in [2.24, 2.45) is 5.92 Å². The Hall–Kier alpha value is -1.40. The number of hydrogen-bond donors (Lipinski definition) is 2. The number of likely N-dealkylation sites (tertiary alicyclic amines) is 1. The van der Waals surface area contributed by atoms with Gasteiger partial charge >= 0.3 is 0 Å². The smallest absolute Gasteiger partial charge is 0.222 e. The zero-order valence-electron chi connectivity index (χ0n) is 12.0. The SMILES string of the molecule is Cc1noc(C)c1CCC(=O)N1CC[C@H](CO)[C@H](O)C1. The molecule has 1 aromatic rings. The lowest BCUT2D eigenvalue weighted by molar-refractivity contribution is -0.136. The second-order valence-electron chi connectivity index (χ2n) is 5.44. The minimum atomic E-state index is -0.628. The van der Waals surface area contributed by atoms with Gasteiger partial charge in [-0.3, -0.25) is 4.79 Å². The largest absolute Gasteiger partial charge is 0.396 e. The lowest BCUT2D eigenvalue weighted by atomic mass is 9.94. The van der Waals surface area contributed by atoms with Crippen LogP contribution in [0.15, 0.2) is 4.52 Å². The van der Waals surface area contributed by atoms with E-state index in [1.54, 1.807) is 4.90 Å². The minimum absolute atomic E-state index is 0.0255. The van der Waals surface area contributed by atoms with Crippen LogP contribution in [-0.2, 0) is 11.2 Å². The maximum absolute atomic E-state index is 12.2. The number of β-amino-alcohol motifs (C(OH)–C–C–N with tert-alkyl or cyclic N) is 1. The van der Waals surface area contributed by atoms with Crippen LogP contribution < -0.4 is 0 Å². The maximum Gasteiger partial charge on any atom is 0.222 e. The average molecular weight is 282 g/mol. The summed E-state index contributed by atoms with van der Waals surface area (Å²) >= 11 is 0. The van der Waals surface area contributed by atoms with Gasteiger partial charge in [0.25, 0.3) is 0 Å². The highest BCUT2D eigenvalue weighted by molar-refractivity contribution is 5.76. The molecule has 6 heteroatoms. The second-order valence-corrected chi connectivity index (χ2v) is 5.44. The number of amides is 1. The Morgan fingerprint density at radius 3 is 2.80 bits per heavy atom. The van der Waals surface area contributed by atoms with Crippen LogP contribution in [-0.4, -0.2) is 52.0 Å². The lowest BCUT2D eigenvalue weighted by Crippen LogP contribution is -2.47. The standard InChI is InChI=1S/C14H22N2O4/c1-9-12(10(2)20-15-9)3-4-14(19)16-6-5-11(8-17)13(18)7-16/h11,13,17-18H,3-8H2,1-2H3/t11-,13-/m1/s1. The van der Waals surface area contributed by atoms with Crippen molar-refractivity contribution in [3.63, 3.8) is 0 Å². The lowest BCUT2D eigenvalue weighted by Gasteiger charge is -2.35. The number of carbonyl (C=O) groups excluding carboxylic acids is 1. The van der Waals surface area contributed by atoms with Crippen LogP contribution in [0.2, 0.25) is 0 Å². The summed E-state index contributed by atoms with van der Waals surface area (Å²) in [4.78, 5) is 13.8. The fourth-order valence-electron chi connectivity index (χ4n) is 2.67. The van der Waals surface area contributed by atoms with Crippen LogP contribution >= 0.6 is 0 Å². The van der Waals surface area contributed by atoms with Crippen molar-refractivity contribution in [1.82, 2.24) is 10.1 Å². The van der Waals surface area contributed by atoms with Crippen LogP contribution in [0.1, 0.15) is 29.9 Å². The zero-order valence-corrected chi connectivity index (χ0v) is 12.0. The van der Waals surface area contributed by atoms with Crippen molar-refractivity contribution in [3.05, 3.63) is 17.0 Å². The molecule has 0 saturated carbocycles. The summed E-state index contributed by atoms with van der Waals surface area (Å²) in [6.45, 7) is 4.60. The van der Waals surface area contributed by atoms with E-state index in [1.165, 1.54) is 0 Å². The molecular weight excluding hydrogens is 260 g/mol. The summed E-state index contributed by atoms with van der Waals surface area (Å²) in [5.74, 6) is 0.677. The zero-order chi connectivity index (χ0) is 14.7. The summed E-state index contributed by atoms with van der Waals surface area (Å²) in [7, 11) is 0. The maximum atomic E-state index is 12.2. The summed E-state index contributed by atoms with van der Waals surface area (Å²) in [6, 6.07) is 0. The molecule has 0 bridgehead atoms. The quantitative estimate of drug-likeness (QED) is 0.836. The van der Waals surface area contributed by atoms with E-state index in [0.29, 0.717) is 32.4 Å². The predicted molar refractivity (Wildman–Crippen MR) is 72.1 cm³/mol. The Morgan fingerprint density at radius 2 is 2.25 bits per heavy atom. The summed E-state index contributed by atoms with van der Waals surface area (Å²) in [5.41, 5.74) is 1.82. The third kappa shape index (κ3) is 3.19. The van der Waals surface area contributed by atoms with E-state index in [9.17, 15) is 9.90 Å². The van der Waals surface area contributed by atoms with E-state index < -0.39 is 6.10 Å². The van der Waals surface area contributed by atoms with E-state index in [0.717, 1.165) is 17.0 Å². The van der Waals surface area contributed by atoms with Gasteiger partial charge in [-0.15, -0.1) is 0 Å². The fraction of sp³-hybridized carbons (Fsp3) is 0.714. The monoisotopic (exact) mass is 282 g/mol. The van der Waals surface area contributed by atoms with Gasteiger partial charge in [0.2, 0.25) is 5.91 Å². The Kier molecular flexibility index (Phi) is 4.77. The van der Waals surface area contributed by atoms with Crippen LogP contribution in [0.25, 0.3) is 0 Å². The number of piperidine rings is 1. The van der Waals surface area contributed by atoms with Gasteiger partial charge in [-0.05, 0) is 26.7 Å². The van der Waals surface area contributed by atoms with Gasteiger partial charge in [-0.2, -0.15) is 0 Å². The molecule has 2 rings (SSSR count). The Labute approximate surface area is 118 Å². The molecule has 2 heterocycles. The predicted octanol–water partition coefficient (Wildman–Crippen LogP) is 0.426. The third-order valence-electron chi connectivity index (χ3n) is 4.08. The first-order chi connectivity index (χ1) is 9.52. The van der Waals surface area contributed by atoms with Gasteiger partial charge in [0.1, 0.15) is 5.76 Å². The van der Waals surface area contributed by atoms with E-state index in [4.69, 9.17) is 9.63 Å². The highest BCUT2D eigenvalue weighted by atomic mass is 16.5. The number of aliphatic hydroxyl groups excluding tert-OH is 2. The van der Waals surface area contributed by atoms with Gasteiger partial charge in [-0.1, -0.05) is 5.16 Å². The molecular formula is C14H22N2O4. The van der Waals surface area contributed by atoms with E-state index in [1.807, 2.05) is 13.8 Å². The molecule has 0 aromatic carbocycles. The van der Waals surface area contributed by atoms with Crippen molar-refractivity contribution < 1.29 is 19.5 Å². The molecule has 2 atom stereocenters. The van der Waals surface area contributed by atoms with Gasteiger partial charge in [0.15, 0.2) is 0 Å². The molecule has 2 N–H and O–H groups in total. The molecule has 0 aliphatic carbocycles. The summed E-state index contributed by atoms with van der Waals surface area (Å²) in [5, 5.41) is 22.8. The molecule has 1 fully saturated rings. The third-order valence-corrected chi connectivity index (χ3v) is 4.08. The molecule has 1 aliphatic rings. The van der Waals surface area contributed by atoms with Crippen LogP contribution in [0.3, 0.4) is 0 Å². The van der Waals surface area contributed by atoms with Crippen molar-refractivity contribution >= 4 is 5.91 Å². The molecule has 0 unspecified atom stereocenters. The highest BCUT2D eigenvalue weighted by Crippen LogP contribution is 2.19. The van der Waals surface area contributed by atoms with E-state index in [-0.39, 0.29) is 18.4 Å². The molecule has 1 aliphatic heterocycles.